The maximum absolute atomic E-state index is 6.05. The van der Waals surface area contributed by atoms with Crippen molar-refractivity contribution < 1.29 is 0 Å². The minimum atomic E-state index is 0.137. The van der Waals surface area contributed by atoms with Gasteiger partial charge in [0.25, 0.3) is 0 Å². The van der Waals surface area contributed by atoms with Gasteiger partial charge in [0.15, 0.2) is 0 Å². The summed E-state index contributed by atoms with van der Waals surface area (Å²) < 4.78 is 0.816. The Morgan fingerprint density at radius 1 is 1.50 bits per heavy atom. The van der Waals surface area contributed by atoms with Gasteiger partial charge in [0.05, 0.1) is 16.2 Å². The van der Waals surface area contributed by atoms with Crippen molar-refractivity contribution in [2.75, 3.05) is 0 Å². The summed E-state index contributed by atoms with van der Waals surface area (Å²) in [6.07, 6.45) is 4.99. The third kappa shape index (κ3) is 2.77. The van der Waals surface area contributed by atoms with Gasteiger partial charge in [0.2, 0.25) is 0 Å². The lowest BCUT2D eigenvalue weighted by atomic mass is 10.1. The van der Waals surface area contributed by atoms with Crippen LogP contribution in [0.2, 0.25) is 4.34 Å². The number of nitrogens with two attached hydrogens (primary N) is 1. The van der Waals surface area contributed by atoms with Gasteiger partial charge in [-0.15, -0.1) is 11.3 Å². The second kappa shape index (κ2) is 5.19. The summed E-state index contributed by atoms with van der Waals surface area (Å²) in [5.41, 5.74) is 6.05. The van der Waals surface area contributed by atoms with E-state index in [2.05, 4.69) is 11.9 Å². The molecule has 0 spiro atoms. The number of hydrogen-bond acceptors (Lipinski definition) is 2. The van der Waals surface area contributed by atoms with Crippen LogP contribution in [0.5, 0.6) is 0 Å². The molecule has 1 aliphatic rings. The third-order valence-corrected chi connectivity index (χ3v) is 4.52. The molecular weight excluding hydrogens is 240 g/mol. The quantitative estimate of drug-likeness (QED) is 0.644. The number of nitrogens with zero attached hydrogens (tertiary/aromatic N) is 1. The van der Waals surface area contributed by atoms with E-state index in [9.17, 15) is 0 Å². The van der Waals surface area contributed by atoms with Crippen LogP contribution in [0.15, 0.2) is 17.1 Å². The van der Waals surface area contributed by atoms with Crippen LogP contribution in [0.25, 0.3) is 0 Å². The van der Waals surface area contributed by atoms with E-state index >= 15 is 0 Å². The largest absolute Gasteiger partial charge is 0.387 e. The van der Waals surface area contributed by atoms with Crippen LogP contribution in [0.1, 0.15) is 43.5 Å². The van der Waals surface area contributed by atoms with E-state index in [1.54, 1.807) is 11.3 Å². The van der Waals surface area contributed by atoms with E-state index in [-0.39, 0.29) is 6.04 Å². The van der Waals surface area contributed by atoms with Crippen molar-refractivity contribution in [3.05, 3.63) is 21.3 Å². The molecular formula is C12H17ClN2S. The first-order valence-electron chi connectivity index (χ1n) is 5.75. The monoisotopic (exact) mass is 256 g/mol. The second-order valence-electron chi connectivity index (χ2n) is 4.35. The van der Waals surface area contributed by atoms with Crippen LogP contribution >= 0.6 is 22.9 Å². The Hall–Kier alpha value is -0.540. The Morgan fingerprint density at radius 3 is 2.75 bits per heavy atom. The molecule has 1 aromatic heterocycles. The van der Waals surface area contributed by atoms with Gasteiger partial charge >= 0.3 is 0 Å². The predicted molar refractivity (Wildman–Crippen MR) is 71.3 cm³/mol. The molecule has 0 radical (unpaired) electrons. The first-order valence-corrected chi connectivity index (χ1v) is 6.94. The highest BCUT2D eigenvalue weighted by Crippen LogP contribution is 2.30. The van der Waals surface area contributed by atoms with E-state index in [4.69, 9.17) is 17.3 Å². The fourth-order valence-electron chi connectivity index (χ4n) is 2.17. The number of aliphatic imine (C=N–C) groups is 1. The van der Waals surface area contributed by atoms with E-state index in [1.807, 2.05) is 12.1 Å². The van der Waals surface area contributed by atoms with Gasteiger partial charge in [0, 0.05) is 10.8 Å². The highest BCUT2D eigenvalue weighted by atomic mass is 35.5. The average Bonchev–Trinajstić information content (AvgIpc) is 2.87. The summed E-state index contributed by atoms with van der Waals surface area (Å²) in [6, 6.07) is 4.08. The van der Waals surface area contributed by atoms with Crippen LogP contribution in [0.3, 0.4) is 0 Å². The van der Waals surface area contributed by atoms with Crippen molar-refractivity contribution in [3.8, 4) is 0 Å². The van der Waals surface area contributed by atoms with Crippen LogP contribution in [0.4, 0.5) is 0 Å². The van der Waals surface area contributed by atoms with E-state index < -0.39 is 0 Å². The smallest absolute Gasteiger partial charge is 0.0976 e. The van der Waals surface area contributed by atoms with Crippen molar-refractivity contribution >= 4 is 28.8 Å². The number of hydrogen-bond donors (Lipinski definition) is 1. The summed E-state index contributed by atoms with van der Waals surface area (Å²) in [5, 5.41) is 0. The molecule has 1 saturated carbocycles. The molecule has 16 heavy (non-hydrogen) atoms. The normalized spacial score (nSPS) is 20.2. The van der Waals surface area contributed by atoms with Gasteiger partial charge in [-0.25, -0.2) is 0 Å². The van der Waals surface area contributed by atoms with Crippen LogP contribution in [0, 0.1) is 5.92 Å². The molecule has 1 heterocycles. The zero-order chi connectivity index (χ0) is 11.5. The summed E-state index contributed by atoms with van der Waals surface area (Å²) in [5.74, 6) is 1.34. The highest BCUT2D eigenvalue weighted by Gasteiger charge is 2.19. The van der Waals surface area contributed by atoms with Crippen LogP contribution < -0.4 is 5.73 Å². The lowest BCUT2D eigenvalue weighted by Crippen LogP contribution is -2.22. The minimum absolute atomic E-state index is 0.137. The maximum Gasteiger partial charge on any atom is 0.0976 e. The van der Waals surface area contributed by atoms with Crippen LogP contribution in [-0.2, 0) is 0 Å². The standard InChI is InChI=1S/C12H17ClN2S/c1-8(10-6-7-11(13)16-10)15-12(14)9-4-2-3-5-9/h6-9H,2-5H2,1H3,(H2,14,15). The van der Waals surface area contributed by atoms with E-state index in [1.165, 1.54) is 30.6 Å². The lowest BCUT2D eigenvalue weighted by molar-refractivity contribution is 0.702. The van der Waals surface area contributed by atoms with Crippen molar-refractivity contribution in [2.45, 2.75) is 38.6 Å². The molecule has 88 valence electrons. The van der Waals surface area contributed by atoms with E-state index in [0.29, 0.717) is 5.92 Å². The van der Waals surface area contributed by atoms with Crippen molar-refractivity contribution in [1.29, 1.82) is 0 Å². The molecule has 0 bridgehead atoms. The minimum Gasteiger partial charge on any atom is -0.387 e. The number of rotatable bonds is 3. The summed E-state index contributed by atoms with van der Waals surface area (Å²) >= 11 is 7.49. The zero-order valence-electron chi connectivity index (χ0n) is 9.45. The Balaban J connectivity index is 2.04. The van der Waals surface area contributed by atoms with Gasteiger partial charge in [-0.05, 0) is 31.9 Å². The molecule has 1 atom stereocenters. The molecule has 1 aromatic rings. The fourth-order valence-corrected chi connectivity index (χ4v) is 3.22. The lowest BCUT2D eigenvalue weighted by Gasteiger charge is -2.11. The van der Waals surface area contributed by atoms with Gasteiger partial charge in [-0.1, -0.05) is 24.4 Å². The fraction of sp³-hybridized carbons (Fsp3) is 0.583. The molecule has 0 saturated heterocycles. The molecule has 0 amide bonds. The highest BCUT2D eigenvalue weighted by molar-refractivity contribution is 7.16. The number of amidine groups is 1. The Bertz CT molecular complexity index is 380. The van der Waals surface area contributed by atoms with Crippen LogP contribution in [-0.4, -0.2) is 5.84 Å². The molecule has 4 heteroatoms. The zero-order valence-corrected chi connectivity index (χ0v) is 11.0. The molecule has 0 aliphatic heterocycles. The number of thiophene rings is 1. The summed E-state index contributed by atoms with van der Waals surface area (Å²) in [6.45, 7) is 2.07. The summed E-state index contributed by atoms with van der Waals surface area (Å²) in [7, 11) is 0. The second-order valence-corrected chi connectivity index (χ2v) is 6.10. The molecule has 0 aromatic carbocycles. The van der Waals surface area contributed by atoms with E-state index in [0.717, 1.165) is 10.2 Å². The third-order valence-electron chi connectivity index (χ3n) is 3.12. The Morgan fingerprint density at radius 2 is 2.19 bits per heavy atom. The molecule has 1 aliphatic carbocycles. The van der Waals surface area contributed by atoms with Gasteiger partial charge in [-0.2, -0.15) is 0 Å². The SMILES string of the molecule is CC(N=C(N)C1CCCC1)c1ccc(Cl)s1. The first-order chi connectivity index (χ1) is 7.66. The predicted octanol–water partition coefficient (Wildman–Crippen LogP) is 4.01. The first kappa shape index (κ1) is 11.9. The van der Waals surface area contributed by atoms with Crippen molar-refractivity contribution in [2.24, 2.45) is 16.6 Å². The molecule has 2 rings (SSSR count). The van der Waals surface area contributed by atoms with Crippen molar-refractivity contribution in [1.82, 2.24) is 0 Å². The number of halogens is 1. The Labute approximate surface area is 106 Å². The molecule has 2 nitrogen and oxygen atoms in total. The van der Waals surface area contributed by atoms with Gasteiger partial charge in [-0.3, -0.25) is 4.99 Å². The molecule has 1 unspecified atom stereocenters. The van der Waals surface area contributed by atoms with Gasteiger partial charge in [0.1, 0.15) is 0 Å². The maximum atomic E-state index is 6.05. The van der Waals surface area contributed by atoms with Gasteiger partial charge < -0.3 is 5.73 Å². The summed E-state index contributed by atoms with van der Waals surface area (Å²) in [4.78, 5) is 5.77. The topological polar surface area (TPSA) is 38.4 Å². The average molecular weight is 257 g/mol. The molecule has 2 N–H and O–H groups in total. The molecule has 1 fully saturated rings. The van der Waals surface area contributed by atoms with Crippen molar-refractivity contribution in [3.63, 3.8) is 0 Å². The Kier molecular flexibility index (Phi) is 3.87.